The molecule has 28 heavy (non-hydrogen) atoms. The monoisotopic (exact) mass is 382 g/mol. The molecule has 0 amide bonds. The van der Waals surface area contributed by atoms with Crippen molar-refractivity contribution in [3.8, 4) is 22.3 Å². The highest BCUT2D eigenvalue weighted by molar-refractivity contribution is 5.71. The Balaban J connectivity index is 1.61. The predicted octanol–water partition coefficient (Wildman–Crippen LogP) is 6.64. The number of hydrogen-bond acceptors (Lipinski definition) is 1. The molecule has 0 aromatic heterocycles. The lowest BCUT2D eigenvalue weighted by atomic mass is 9.91. The Bertz CT molecular complexity index is 989. The van der Waals surface area contributed by atoms with E-state index in [9.17, 15) is 13.2 Å². The van der Waals surface area contributed by atoms with E-state index in [1.54, 1.807) is 48.5 Å². The van der Waals surface area contributed by atoms with E-state index < -0.39 is 11.6 Å². The molecule has 1 unspecified atom stereocenters. The van der Waals surface area contributed by atoms with Crippen LogP contribution in [0.25, 0.3) is 22.3 Å². The molecule has 144 valence electrons. The fourth-order valence-electron chi connectivity index (χ4n) is 3.72. The van der Waals surface area contributed by atoms with Gasteiger partial charge in [-0.05, 0) is 48.1 Å². The van der Waals surface area contributed by atoms with Gasteiger partial charge in [0, 0.05) is 23.7 Å². The maximum absolute atomic E-state index is 14.7. The first-order valence-corrected chi connectivity index (χ1v) is 9.47. The minimum absolute atomic E-state index is 0.197. The predicted molar refractivity (Wildman–Crippen MR) is 105 cm³/mol. The molecule has 0 bridgehead atoms. The van der Waals surface area contributed by atoms with Crippen LogP contribution in [0.5, 0.6) is 0 Å². The summed E-state index contributed by atoms with van der Waals surface area (Å²) in [5.41, 5.74) is 3.15. The Kier molecular flexibility index (Phi) is 5.23. The molecule has 0 aliphatic carbocycles. The maximum Gasteiger partial charge on any atom is 0.166 e. The van der Waals surface area contributed by atoms with E-state index in [4.69, 9.17) is 4.74 Å². The molecule has 0 radical (unpaired) electrons. The molecule has 1 aliphatic heterocycles. The van der Waals surface area contributed by atoms with E-state index in [1.807, 2.05) is 6.07 Å². The zero-order chi connectivity index (χ0) is 19.7. The summed E-state index contributed by atoms with van der Waals surface area (Å²) in [4.78, 5) is 0. The first kappa shape index (κ1) is 18.8. The fraction of sp³-hybridized carbons (Fsp3) is 0.250. The Hall–Kier alpha value is -2.59. The SMILES string of the molecule is Cc1ccc(-c2ccc(-c3ccc(C4CCCOC4)cc3F)cc2)c(F)c1F. The molecule has 1 saturated heterocycles. The molecule has 0 spiro atoms. The van der Waals surface area contributed by atoms with Crippen LogP contribution < -0.4 is 0 Å². The largest absolute Gasteiger partial charge is 0.381 e. The Morgan fingerprint density at radius 3 is 2.14 bits per heavy atom. The van der Waals surface area contributed by atoms with E-state index in [2.05, 4.69) is 0 Å². The molecule has 1 heterocycles. The van der Waals surface area contributed by atoms with Crippen molar-refractivity contribution < 1.29 is 17.9 Å². The fourth-order valence-corrected chi connectivity index (χ4v) is 3.72. The zero-order valence-electron chi connectivity index (χ0n) is 15.6. The lowest BCUT2D eigenvalue weighted by molar-refractivity contribution is 0.0804. The summed E-state index contributed by atoms with van der Waals surface area (Å²) in [5, 5.41) is 0. The van der Waals surface area contributed by atoms with Crippen LogP contribution in [0, 0.1) is 24.4 Å². The molecule has 1 fully saturated rings. The molecular weight excluding hydrogens is 361 g/mol. The Labute approximate surface area is 162 Å². The highest BCUT2D eigenvalue weighted by atomic mass is 19.2. The summed E-state index contributed by atoms with van der Waals surface area (Å²) in [5.74, 6) is -1.75. The van der Waals surface area contributed by atoms with Crippen LogP contribution in [0.3, 0.4) is 0 Å². The molecule has 4 rings (SSSR count). The number of benzene rings is 3. The van der Waals surface area contributed by atoms with Gasteiger partial charge in [-0.1, -0.05) is 48.5 Å². The summed E-state index contributed by atoms with van der Waals surface area (Å²) < 4.78 is 48.3. The third-order valence-corrected chi connectivity index (χ3v) is 5.41. The van der Waals surface area contributed by atoms with Crippen molar-refractivity contribution >= 4 is 0 Å². The van der Waals surface area contributed by atoms with Crippen LogP contribution in [-0.4, -0.2) is 13.2 Å². The zero-order valence-corrected chi connectivity index (χ0v) is 15.6. The van der Waals surface area contributed by atoms with Gasteiger partial charge in [0.05, 0.1) is 6.61 Å². The minimum atomic E-state index is -0.863. The Morgan fingerprint density at radius 1 is 0.821 bits per heavy atom. The van der Waals surface area contributed by atoms with Gasteiger partial charge in [0.15, 0.2) is 11.6 Å². The first-order valence-electron chi connectivity index (χ1n) is 9.47. The molecule has 1 nitrogen and oxygen atoms in total. The normalized spacial score (nSPS) is 16.9. The van der Waals surface area contributed by atoms with Gasteiger partial charge in [-0.15, -0.1) is 0 Å². The van der Waals surface area contributed by atoms with E-state index >= 15 is 0 Å². The van der Waals surface area contributed by atoms with Gasteiger partial charge in [-0.2, -0.15) is 0 Å². The molecule has 3 aromatic rings. The van der Waals surface area contributed by atoms with Crippen molar-refractivity contribution in [2.24, 2.45) is 0 Å². The molecule has 1 atom stereocenters. The van der Waals surface area contributed by atoms with E-state index in [0.717, 1.165) is 25.0 Å². The van der Waals surface area contributed by atoms with E-state index in [0.29, 0.717) is 23.3 Å². The Morgan fingerprint density at radius 2 is 1.50 bits per heavy atom. The summed E-state index contributed by atoms with van der Waals surface area (Å²) in [6, 6.07) is 15.2. The molecule has 0 saturated carbocycles. The second-order valence-electron chi connectivity index (χ2n) is 7.29. The standard InChI is InChI=1S/C24H21F3O/c1-15-4-10-21(24(27)23(15)26)17-7-5-16(6-8-17)20-11-9-18(13-22(20)25)19-3-2-12-28-14-19/h4-11,13,19H,2-3,12,14H2,1H3. The quantitative estimate of drug-likeness (QED) is 0.493. The van der Waals surface area contributed by atoms with Crippen molar-refractivity contribution in [2.75, 3.05) is 13.2 Å². The third kappa shape index (κ3) is 3.57. The van der Waals surface area contributed by atoms with Crippen LogP contribution in [-0.2, 0) is 4.74 Å². The van der Waals surface area contributed by atoms with Crippen LogP contribution in [0.2, 0.25) is 0 Å². The lowest BCUT2D eigenvalue weighted by Gasteiger charge is -2.22. The van der Waals surface area contributed by atoms with Crippen LogP contribution in [0.15, 0.2) is 54.6 Å². The average molecular weight is 382 g/mol. The van der Waals surface area contributed by atoms with Crippen molar-refractivity contribution in [1.29, 1.82) is 0 Å². The van der Waals surface area contributed by atoms with Gasteiger partial charge in [0.1, 0.15) is 5.82 Å². The van der Waals surface area contributed by atoms with E-state index in [1.165, 1.54) is 6.92 Å². The third-order valence-electron chi connectivity index (χ3n) is 5.41. The second-order valence-corrected chi connectivity index (χ2v) is 7.29. The van der Waals surface area contributed by atoms with Gasteiger partial charge in [-0.25, -0.2) is 13.2 Å². The summed E-state index contributed by atoms with van der Waals surface area (Å²) in [6.45, 7) is 2.93. The van der Waals surface area contributed by atoms with Crippen molar-refractivity contribution in [1.82, 2.24) is 0 Å². The van der Waals surface area contributed by atoms with Gasteiger partial charge < -0.3 is 4.74 Å². The molecule has 4 heteroatoms. The average Bonchev–Trinajstić information content (AvgIpc) is 2.73. The minimum Gasteiger partial charge on any atom is -0.381 e. The molecule has 3 aromatic carbocycles. The number of halogens is 3. The maximum atomic E-state index is 14.7. The van der Waals surface area contributed by atoms with Crippen LogP contribution in [0.1, 0.15) is 29.9 Å². The van der Waals surface area contributed by atoms with Gasteiger partial charge in [0.2, 0.25) is 0 Å². The first-order chi connectivity index (χ1) is 13.5. The summed E-state index contributed by atoms with van der Waals surface area (Å²) in [6.07, 6.45) is 2.00. The molecule has 1 aliphatic rings. The van der Waals surface area contributed by atoms with Crippen molar-refractivity contribution in [2.45, 2.75) is 25.7 Å². The van der Waals surface area contributed by atoms with Gasteiger partial charge in [0.25, 0.3) is 0 Å². The highest BCUT2D eigenvalue weighted by Crippen LogP contribution is 2.32. The number of hydrogen-bond donors (Lipinski definition) is 0. The smallest absolute Gasteiger partial charge is 0.166 e. The van der Waals surface area contributed by atoms with Gasteiger partial charge >= 0.3 is 0 Å². The molecule has 0 N–H and O–H groups in total. The van der Waals surface area contributed by atoms with E-state index in [-0.39, 0.29) is 22.9 Å². The lowest BCUT2D eigenvalue weighted by Crippen LogP contribution is -2.15. The molecular formula is C24H21F3O. The van der Waals surface area contributed by atoms with Crippen LogP contribution in [0.4, 0.5) is 13.2 Å². The number of rotatable bonds is 3. The van der Waals surface area contributed by atoms with Crippen LogP contribution >= 0.6 is 0 Å². The number of aryl methyl sites for hydroxylation is 1. The number of ether oxygens (including phenoxy) is 1. The van der Waals surface area contributed by atoms with Crippen molar-refractivity contribution in [3.63, 3.8) is 0 Å². The van der Waals surface area contributed by atoms with Crippen molar-refractivity contribution in [3.05, 3.63) is 83.2 Å². The topological polar surface area (TPSA) is 9.23 Å². The summed E-state index contributed by atoms with van der Waals surface area (Å²) in [7, 11) is 0. The highest BCUT2D eigenvalue weighted by Gasteiger charge is 2.18. The second kappa shape index (κ2) is 7.80. The van der Waals surface area contributed by atoms with Gasteiger partial charge in [-0.3, -0.25) is 0 Å². The summed E-state index contributed by atoms with van der Waals surface area (Å²) >= 11 is 0.